The van der Waals surface area contributed by atoms with Crippen LogP contribution in [0.15, 0.2) is 42.9 Å². The van der Waals surface area contributed by atoms with E-state index in [0.29, 0.717) is 31.4 Å². The molecule has 0 unspecified atom stereocenters. The van der Waals surface area contributed by atoms with Crippen molar-refractivity contribution < 1.29 is 14.3 Å². The molecule has 2 fully saturated rings. The molecule has 4 aromatic rings. The molecule has 3 aromatic heterocycles. The third kappa shape index (κ3) is 4.95. The van der Waals surface area contributed by atoms with Crippen LogP contribution in [0.5, 0.6) is 0 Å². The first-order valence-electron chi connectivity index (χ1n) is 15.1. The second-order valence-corrected chi connectivity index (χ2v) is 13.0. The molecule has 9 nitrogen and oxygen atoms in total. The van der Waals surface area contributed by atoms with E-state index in [9.17, 15) is 9.59 Å². The largest absolute Gasteiger partial charge is 0.444 e. The van der Waals surface area contributed by atoms with Gasteiger partial charge in [0.15, 0.2) is 0 Å². The van der Waals surface area contributed by atoms with Gasteiger partial charge >= 0.3 is 6.09 Å². The summed E-state index contributed by atoms with van der Waals surface area (Å²) < 4.78 is 7.75. The minimum absolute atomic E-state index is 0.0388. The number of hydrogen-bond acceptors (Lipinski definition) is 5. The molecule has 9 heteroatoms. The molecule has 0 radical (unpaired) electrons. The smallest absolute Gasteiger partial charge is 0.410 e. The van der Waals surface area contributed by atoms with Gasteiger partial charge < -0.3 is 19.5 Å². The molecule has 7 rings (SSSR count). The van der Waals surface area contributed by atoms with E-state index < -0.39 is 5.60 Å². The summed E-state index contributed by atoms with van der Waals surface area (Å²) in [6, 6.07) is 8.81. The number of aryl methyl sites for hydroxylation is 1. The van der Waals surface area contributed by atoms with Gasteiger partial charge in [-0.3, -0.25) is 9.48 Å². The normalized spacial score (nSPS) is 18.9. The van der Waals surface area contributed by atoms with E-state index in [1.165, 1.54) is 5.56 Å². The Morgan fingerprint density at radius 3 is 2.69 bits per heavy atom. The highest BCUT2D eigenvalue weighted by atomic mass is 16.6. The molecular weight excluding hydrogens is 528 g/mol. The van der Waals surface area contributed by atoms with Gasteiger partial charge in [-0.15, -0.1) is 0 Å². The van der Waals surface area contributed by atoms with Gasteiger partial charge in [-0.05, 0) is 106 Å². The second kappa shape index (κ2) is 10.00. The van der Waals surface area contributed by atoms with Crippen LogP contribution in [-0.4, -0.2) is 60.2 Å². The Bertz CT molecular complexity index is 1690. The predicted octanol–water partition coefficient (Wildman–Crippen LogP) is 6.34. The lowest BCUT2D eigenvalue weighted by atomic mass is 9.86. The lowest BCUT2D eigenvalue weighted by Gasteiger charge is -2.34. The third-order valence-electron chi connectivity index (χ3n) is 8.72. The monoisotopic (exact) mass is 566 g/mol. The zero-order chi connectivity index (χ0) is 29.2. The Morgan fingerprint density at radius 2 is 1.90 bits per heavy atom. The number of aromatic nitrogens is 4. The van der Waals surface area contributed by atoms with E-state index in [1.807, 2.05) is 59.9 Å². The number of benzene rings is 1. The molecule has 3 aliphatic rings. The van der Waals surface area contributed by atoms with Crippen molar-refractivity contribution in [3.05, 3.63) is 70.8 Å². The molecule has 0 spiro atoms. The molecule has 42 heavy (non-hydrogen) atoms. The molecule has 1 aromatic carbocycles. The minimum atomic E-state index is -0.575. The number of nitrogens with zero attached hydrogens (tertiary/aromatic N) is 5. The van der Waals surface area contributed by atoms with E-state index in [2.05, 4.69) is 40.2 Å². The summed E-state index contributed by atoms with van der Waals surface area (Å²) in [4.78, 5) is 38.7. The summed E-state index contributed by atoms with van der Waals surface area (Å²) in [6.45, 7) is 9.55. The van der Waals surface area contributed by atoms with Gasteiger partial charge in [0.1, 0.15) is 16.9 Å². The third-order valence-corrected chi connectivity index (χ3v) is 8.72. The maximum atomic E-state index is 13.6. The number of amides is 2. The number of likely N-dealkylation sites (tertiary alicyclic amines) is 1. The number of nitrogens with one attached hydrogen (secondary N) is 1. The maximum absolute atomic E-state index is 13.6. The van der Waals surface area contributed by atoms with Crippen LogP contribution in [0.25, 0.3) is 22.2 Å². The van der Waals surface area contributed by atoms with Gasteiger partial charge in [0, 0.05) is 49.2 Å². The van der Waals surface area contributed by atoms with Gasteiger partial charge in [0.25, 0.3) is 5.91 Å². The van der Waals surface area contributed by atoms with Crippen molar-refractivity contribution in [1.82, 2.24) is 29.5 Å². The quantitative estimate of drug-likeness (QED) is 0.311. The Labute approximate surface area is 245 Å². The molecule has 0 bridgehead atoms. The van der Waals surface area contributed by atoms with Gasteiger partial charge in [-0.1, -0.05) is 6.07 Å². The van der Waals surface area contributed by atoms with Crippen molar-refractivity contribution in [3.8, 4) is 11.1 Å². The van der Waals surface area contributed by atoms with Crippen molar-refractivity contribution in [2.75, 3.05) is 13.1 Å². The number of fused-ring (bicyclic) bond motifs is 2. The highest BCUT2D eigenvalue weighted by Crippen LogP contribution is 2.41. The first-order valence-corrected chi connectivity index (χ1v) is 15.1. The lowest BCUT2D eigenvalue weighted by Crippen LogP contribution is -2.39. The zero-order valence-electron chi connectivity index (χ0n) is 24.8. The standard InChI is InChI=1S/C33H38N6O3/c1-20-17-34-30-25(20)16-23(18-35-30)22-14-21-9-12-37(31(40)28-10-13-39(36-28)24-7-8-24)19-27(21)26(15-22)29-6-5-11-38(29)32(41)42-33(2,3)4/h10,13-18,24,29H,5-9,11-12,19H2,1-4H3,(H,34,35)/t29-/m0/s1. The second-order valence-electron chi connectivity index (χ2n) is 13.0. The molecule has 1 atom stereocenters. The SMILES string of the molecule is Cc1c[nH]c2ncc(-c3cc4c(c([C@@H]5CCCN5C(=O)OC(C)(C)C)c3)CN(C(=O)c3ccn(C5CC5)n3)CC4)cc12. The Hall–Kier alpha value is -4.14. The summed E-state index contributed by atoms with van der Waals surface area (Å²) in [7, 11) is 0. The van der Waals surface area contributed by atoms with Crippen LogP contribution in [0.3, 0.4) is 0 Å². The van der Waals surface area contributed by atoms with Crippen molar-refractivity contribution in [2.45, 2.75) is 84.0 Å². The van der Waals surface area contributed by atoms with E-state index in [0.717, 1.165) is 71.0 Å². The number of hydrogen-bond donors (Lipinski definition) is 1. The Balaban J connectivity index is 1.27. The van der Waals surface area contributed by atoms with E-state index in [1.54, 1.807) is 0 Å². The Kier molecular flexibility index (Phi) is 6.36. The number of aromatic amines is 1. The summed E-state index contributed by atoms with van der Waals surface area (Å²) in [5.74, 6) is -0.0388. The van der Waals surface area contributed by atoms with Crippen LogP contribution in [0.2, 0.25) is 0 Å². The van der Waals surface area contributed by atoms with Crippen LogP contribution < -0.4 is 0 Å². The van der Waals surface area contributed by atoms with Gasteiger partial charge in [0.05, 0.1) is 12.1 Å². The summed E-state index contributed by atoms with van der Waals surface area (Å²) >= 11 is 0. The van der Waals surface area contributed by atoms with E-state index in [4.69, 9.17) is 4.74 Å². The predicted molar refractivity (Wildman–Crippen MR) is 160 cm³/mol. The number of pyridine rings is 1. The lowest BCUT2D eigenvalue weighted by molar-refractivity contribution is 0.0222. The summed E-state index contributed by atoms with van der Waals surface area (Å²) in [6.07, 6.45) is 10.3. The van der Waals surface area contributed by atoms with Gasteiger partial charge in [-0.25, -0.2) is 9.78 Å². The first kappa shape index (κ1) is 26.7. The molecule has 1 saturated heterocycles. The minimum Gasteiger partial charge on any atom is -0.444 e. The molecule has 218 valence electrons. The number of carbonyl (C=O) groups is 2. The number of ether oxygens (including phenoxy) is 1. The van der Waals surface area contributed by atoms with Crippen molar-refractivity contribution >= 4 is 23.0 Å². The van der Waals surface area contributed by atoms with Crippen LogP contribution in [0.1, 0.15) is 91.3 Å². The van der Waals surface area contributed by atoms with Crippen molar-refractivity contribution in [2.24, 2.45) is 0 Å². The molecule has 1 saturated carbocycles. The van der Waals surface area contributed by atoms with E-state index in [-0.39, 0.29) is 18.0 Å². The first-order chi connectivity index (χ1) is 20.1. The van der Waals surface area contributed by atoms with E-state index >= 15 is 0 Å². The van der Waals surface area contributed by atoms with Crippen LogP contribution in [0.4, 0.5) is 4.79 Å². The number of carbonyl (C=O) groups excluding carboxylic acids is 2. The number of H-pyrrole nitrogens is 1. The fourth-order valence-electron chi connectivity index (χ4n) is 6.41. The fourth-order valence-corrected chi connectivity index (χ4v) is 6.41. The summed E-state index contributed by atoms with van der Waals surface area (Å²) in [5, 5.41) is 5.70. The van der Waals surface area contributed by atoms with Gasteiger partial charge in [-0.2, -0.15) is 5.10 Å². The number of rotatable bonds is 4. The van der Waals surface area contributed by atoms with Crippen LogP contribution in [-0.2, 0) is 17.7 Å². The molecule has 2 aliphatic heterocycles. The molecule has 1 N–H and O–H groups in total. The molecule has 5 heterocycles. The zero-order valence-corrected chi connectivity index (χ0v) is 24.8. The average molecular weight is 567 g/mol. The molecule has 1 aliphatic carbocycles. The average Bonchev–Trinajstić information content (AvgIpc) is 3.33. The fraction of sp³-hybridized carbons (Fsp3) is 0.455. The van der Waals surface area contributed by atoms with Crippen LogP contribution in [0, 0.1) is 6.92 Å². The highest BCUT2D eigenvalue weighted by Gasteiger charge is 2.37. The molecule has 2 amide bonds. The van der Waals surface area contributed by atoms with Crippen molar-refractivity contribution in [3.63, 3.8) is 0 Å². The molecular formula is C33H38N6O3. The van der Waals surface area contributed by atoms with Crippen molar-refractivity contribution in [1.29, 1.82) is 0 Å². The maximum Gasteiger partial charge on any atom is 0.410 e. The topological polar surface area (TPSA) is 96.4 Å². The Morgan fingerprint density at radius 1 is 1.07 bits per heavy atom. The highest BCUT2D eigenvalue weighted by molar-refractivity contribution is 5.92. The summed E-state index contributed by atoms with van der Waals surface area (Å²) in [5.41, 5.74) is 7.52. The van der Waals surface area contributed by atoms with Crippen LogP contribution >= 0.6 is 0 Å². The van der Waals surface area contributed by atoms with Gasteiger partial charge in [0.2, 0.25) is 0 Å².